The molecule has 1 saturated heterocycles. The zero-order valence-electron chi connectivity index (χ0n) is 8.77. The van der Waals surface area contributed by atoms with Crippen molar-refractivity contribution >= 4 is 21.7 Å². The summed E-state index contributed by atoms with van der Waals surface area (Å²) in [7, 11) is 0. The van der Waals surface area contributed by atoms with E-state index in [4.69, 9.17) is 0 Å². The number of aromatic nitrogens is 2. The molecule has 2 rings (SSSR count). The number of nitrogens with zero attached hydrogens (tertiary/aromatic N) is 3. The Hall–Kier alpha value is -0.640. The summed E-state index contributed by atoms with van der Waals surface area (Å²) in [5, 5.41) is 9.19. The molecule has 82 valence electrons. The lowest BCUT2D eigenvalue weighted by molar-refractivity contribution is 0.405. The van der Waals surface area contributed by atoms with Gasteiger partial charge in [0, 0.05) is 24.6 Å². The van der Waals surface area contributed by atoms with Crippen LogP contribution in [0.2, 0.25) is 0 Å². The van der Waals surface area contributed by atoms with Crippen LogP contribution in [0.15, 0.2) is 18.3 Å². The molecule has 0 radical (unpaired) electrons. The Labute approximate surface area is 99.0 Å². The van der Waals surface area contributed by atoms with Gasteiger partial charge in [0.25, 0.3) is 0 Å². The van der Waals surface area contributed by atoms with Crippen LogP contribution in [0.4, 0.5) is 5.82 Å². The number of halogens is 1. The van der Waals surface area contributed by atoms with Crippen LogP contribution in [0.1, 0.15) is 19.3 Å². The van der Waals surface area contributed by atoms with Gasteiger partial charge in [-0.05, 0) is 37.3 Å². The smallest absolute Gasteiger partial charge is 0.151 e. The van der Waals surface area contributed by atoms with Crippen molar-refractivity contribution in [1.29, 1.82) is 0 Å². The Bertz CT molecular complexity index is 289. The van der Waals surface area contributed by atoms with E-state index in [0.717, 1.165) is 30.2 Å². The predicted octanol–water partition coefficient (Wildman–Crippen LogP) is 2.48. The van der Waals surface area contributed by atoms with E-state index in [1.54, 1.807) is 6.20 Å². The molecule has 1 aromatic heterocycles. The summed E-state index contributed by atoms with van der Waals surface area (Å²) in [5.41, 5.74) is 0. The van der Waals surface area contributed by atoms with Gasteiger partial charge < -0.3 is 4.90 Å². The van der Waals surface area contributed by atoms with Gasteiger partial charge in [0.2, 0.25) is 0 Å². The van der Waals surface area contributed by atoms with Crippen molar-refractivity contribution in [1.82, 2.24) is 10.2 Å². The summed E-state index contributed by atoms with van der Waals surface area (Å²) in [5.74, 6) is 1.83. The molecule has 1 atom stereocenters. The van der Waals surface area contributed by atoms with Crippen molar-refractivity contribution < 1.29 is 0 Å². The van der Waals surface area contributed by atoms with Gasteiger partial charge in [0.1, 0.15) is 0 Å². The lowest BCUT2D eigenvalue weighted by Crippen LogP contribution is -2.36. The molecule has 1 aliphatic rings. The molecule has 15 heavy (non-hydrogen) atoms. The van der Waals surface area contributed by atoms with Crippen LogP contribution in [-0.4, -0.2) is 28.6 Å². The zero-order valence-corrected chi connectivity index (χ0v) is 10.4. The molecule has 1 aliphatic heterocycles. The Balaban J connectivity index is 1.98. The van der Waals surface area contributed by atoms with Crippen LogP contribution < -0.4 is 4.90 Å². The van der Waals surface area contributed by atoms with Gasteiger partial charge >= 0.3 is 0 Å². The van der Waals surface area contributed by atoms with E-state index in [0.29, 0.717) is 0 Å². The fourth-order valence-electron chi connectivity index (χ4n) is 2.13. The number of alkyl halides is 1. The van der Waals surface area contributed by atoms with E-state index in [1.165, 1.54) is 19.3 Å². The molecule has 0 N–H and O–H groups in total. The molecule has 3 nitrogen and oxygen atoms in total. The third-order valence-electron chi connectivity index (χ3n) is 2.92. The number of anilines is 1. The van der Waals surface area contributed by atoms with Crippen molar-refractivity contribution in [2.45, 2.75) is 19.3 Å². The van der Waals surface area contributed by atoms with Crippen molar-refractivity contribution in [2.24, 2.45) is 5.92 Å². The van der Waals surface area contributed by atoms with Crippen molar-refractivity contribution in [3.8, 4) is 0 Å². The average Bonchev–Trinajstić information content (AvgIpc) is 2.31. The maximum atomic E-state index is 4.16. The molecular formula is C11H16BrN3. The summed E-state index contributed by atoms with van der Waals surface area (Å²) in [6.07, 6.45) is 5.61. The van der Waals surface area contributed by atoms with Gasteiger partial charge in [-0.15, -0.1) is 5.10 Å². The number of hydrogen-bond donors (Lipinski definition) is 0. The van der Waals surface area contributed by atoms with Crippen LogP contribution in [0.5, 0.6) is 0 Å². The van der Waals surface area contributed by atoms with E-state index in [9.17, 15) is 0 Å². The lowest BCUT2D eigenvalue weighted by atomic mass is 9.96. The first-order valence-corrected chi connectivity index (χ1v) is 6.61. The molecule has 0 aliphatic carbocycles. The summed E-state index contributed by atoms with van der Waals surface area (Å²) in [6.45, 7) is 2.25. The molecule has 0 spiro atoms. The SMILES string of the molecule is BrCCC1CCCN(c2cccnn2)C1. The Morgan fingerprint density at radius 2 is 2.47 bits per heavy atom. The third kappa shape index (κ3) is 2.91. The van der Waals surface area contributed by atoms with Gasteiger partial charge in [-0.1, -0.05) is 15.9 Å². The fourth-order valence-corrected chi connectivity index (χ4v) is 2.77. The maximum Gasteiger partial charge on any atom is 0.151 e. The largest absolute Gasteiger partial charge is 0.355 e. The maximum absolute atomic E-state index is 4.16. The highest BCUT2D eigenvalue weighted by molar-refractivity contribution is 9.09. The first-order valence-electron chi connectivity index (χ1n) is 5.49. The van der Waals surface area contributed by atoms with Crippen LogP contribution in [0, 0.1) is 5.92 Å². The summed E-state index contributed by atoms with van der Waals surface area (Å²) in [6, 6.07) is 4.00. The van der Waals surface area contributed by atoms with Crippen molar-refractivity contribution in [3.05, 3.63) is 18.3 Å². The highest BCUT2D eigenvalue weighted by atomic mass is 79.9. The lowest BCUT2D eigenvalue weighted by Gasteiger charge is -2.33. The molecule has 0 amide bonds. The standard InChI is InChI=1S/C11H16BrN3/c12-6-5-10-3-2-8-15(9-10)11-4-1-7-13-14-11/h1,4,7,10H,2-3,5-6,8-9H2. The highest BCUT2D eigenvalue weighted by Gasteiger charge is 2.20. The minimum atomic E-state index is 0.806. The van der Waals surface area contributed by atoms with Crippen LogP contribution in [-0.2, 0) is 0 Å². The Kier molecular flexibility index (Phi) is 3.94. The fraction of sp³-hybridized carbons (Fsp3) is 0.636. The number of piperidine rings is 1. The second-order valence-electron chi connectivity index (χ2n) is 4.01. The van der Waals surface area contributed by atoms with Crippen LogP contribution in [0.25, 0.3) is 0 Å². The van der Waals surface area contributed by atoms with Gasteiger partial charge in [0.05, 0.1) is 0 Å². The molecule has 2 heterocycles. The highest BCUT2D eigenvalue weighted by Crippen LogP contribution is 2.23. The molecule has 4 heteroatoms. The predicted molar refractivity (Wildman–Crippen MR) is 65.4 cm³/mol. The molecule has 1 unspecified atom stereocenters. The normalized spacial score (nSPS) is 21.7. The van der Waals surface area contributed by atoms with Gasteiger partial charge in [-0.2, -0.15) is 5.10 Å². The Morgan fingerprint density at radius 3 is 3.20 bits per heavy atom. The van der Waals surface area contributed by atoms with E-state index in [-0.39, 0.29) is 0 Å². The van der Waals surface area contributed by atoms with Gasteiger partial charge in [-0.3, -0.25) is 0 Å². The number of hydrogen-bond acceptors (Lipinski definition) is 3. The second-order valence-corrected chi connectivity index (χ2v) is 4.81. The van der Waals surface area contributed by atoms with Crippen molar-refractivity contribution in [3.63, 3.8) is 0 Å². The quantitative estimate of drug-likeness (QED) is 0.790. The van der Waals surface area contributed by atoms with E-state index < -0.39 is 0 Å². The van der Waals surface area contributed by atoms with E-state index in [1.807, 2.05) is 12.1 Å². The Morgan fingerprint density at radius 1 is 1.53 bits per heavy atom. The summed E-state index contributed by atoms with van der Waals surface area (Å²) < 4.78 is 0. The molecule has 1 aromatic rings. The van der Waals surface area contributed by atoms with Crippen LogP contribution in [0.3, 0.4) is 0 Å². The summed E-state index contributed by atoms with van der Waals surface area (Å²) in [4.78, 5) is 2.35. The molecule has 0 bridgehead atoms. The zero-order chi connectivity index (χ0) is 10.5. The molecular weight excluding hydrogens is 254 g/mol. The minimum Gasteiger partial charge on any atom is -0.355 e. The minimum absolute atomic E-state index is 0.806. The second kappa shape index (κ2) is 5.45. The van der Waals surface area contributed by atoms with Gasteiger partial charge in [-0.25, -0.2) is 0 Å². The van der Waals surface area contributed by atoms with Gasteiger partial charge in [0.15, 0.2) is 5.82 Å². The number of rotatable bonds is 3. The third-order valence-corrected chi connectivity index (χ3v) is 3.38. The summed E-state index contributed by atoms with van der Waals surface area (Å²) >= 11 is 3.51. The first kappa shape index (κ1) is 10.9. The topological polar surface area (TPSA) is 29.0 Å². The van der Waals surface area contributed by atoms with Crippen LogP contribution >= 0.6 is 15.9 Å². The van der Waals surface area contributed by atoms with E-state index in [2.05, 4.69) is 31.0 Å². The first-order chi connectivity index (χ1) is 7.40. The van der Waals surface area contributed by atoms with E-state index >= 15 is 0 Å². The van der Waals surface area contributed by atoms with Crippen molar-refractivity contribution in [2.75, 3.05) is 23.3 Å². The molecule has 0 aromatic carbocycles. The molecule has 1 fully saturated rings. The monoisotopic (exact) mass is 269 g/mol. The average molecular weight is 270 g/mol. The molecule has 0 saturated carbocycles.